The fourth-order valence-corrected chi connectivity index (χ4v) is 3.82. The SMILES string of the molecule is CCC(c1cnc(C(F)(F)F)c(Cl)c1)c1c2ncn(C3CC3)c(=O)c2nn1C. The Morgan fingerprint density at radius 1 is 1.29 bits per heavy atom. The van der Waals surface area contributed by atoms with Gasteiger partial charge in [0.2, 0.25) is 0 Å². The number of aromatic nitrogens is 5. The van der Waals surface area contributed by atoms with Crippen molar-refractivity contribution in [3.8, 4) is 0 Å². The number of rotatable bonds is 4. The van der Waals surface area contributed by atoms with E-state index in [0.29, 0.717) is 23.2 Å². The van der Waals surface area contributed by atoms with Gasteiger partial charge in [0.25, 0.3) is 5.56 Å². The average Bonchev–Trinajstić information content (AvgIpc) is 3.40. The topological polar surface area (TPSA) is 65.6 Å². The van der Waals surface area contributed by atoms with Crippen LogP contribution in [0.5, 0.6) is 0 Å². The van der Waals surface area contributed by atoms with E-state index in [1.165, 1.54) is 18.6 Å². The summed E-state index contributed by atoms with van der Waals surface area (Å²) in [5, 5.41) is 3.89. The van der Waals surface area contributed by atoms with Crippen molar-refractivity contribution in [2.24, 2.45) is 7.05 Å². The van der Waals surface area contributed by atoms with Crippen LogP contribution in [-0.4, -0.2) is 24.3 Å². The molecule has 0 saturated heterocycles. The largest absolute Gasteiger partial charge is 0.434 e. The van der Waals surface area contributed by atoms with Crippen LogP contribution in [0.4, 0.5) is 13.2 Å². The smallest absolute Gasteiger partial charge is 0.294 e. The minimum absolute atomic E-state index is 0.176. The van der Waals surface area contributed by atoms with E-state index >= 15 is 0 Å². The van der Waals surface area contributed by atoms with Crippen molar-refractivity contribution in [2.45, 2.75) is 44.3 Å². The molecule has 4 rings (SSSR count). The van der Waals surface area contributed by atoms with E-state index in [1.54, 1.807) is 16.3 Å². The van der Waals surface area contributed by atoms with Crippen molar-refractivity contribution in [1.29, 1.82) is 0 Å². The summed E-state index contributed by atoms with van der Waals surface area (Å²) < 4.78 is 42.0. The van der Waals surface area contributed by atoms with Crippen molar-refractivity contribution in [2.75, 3.05) is 0 Å². The first-order valence-corrected chi connectivity index (χ1v) is 9.26. The second-order valence-corrected chi connectivity index (χ2v) is 7.36. The molecular formula is C18H17ClF3N5O. The molecule has 0 spiro atoms. The van der Waals surface area contributed by atoms with Gasteiger partial charge in [0, 0.05) is 25.2 Å². The zero-order valence-electron chi connectivity index (χ0n) is 15.2. The molecule has 1 atom stereocenters. The van der Waals surface area contributed by atoms with Crippen LogP contribution in [0.15, 0.2) is 23.4 Å². The van der Waals surface area contributed by atoms with Gasteiger partial charge in [-0.05, 0) is 30.9 Å². The molecule has 3 aromatic rings. The Bertz CT molecular complexity index is 1120. The Labute approximate surface area is 163 Å². The van der Waals surface area contributed by atoms with Crippen LogP contribution in [0.3, 0.4) is 0 Å². The standard InChI is InChI=1S/C18H17ClF3N5O/c1-3-11(9-6-12(19)16(23-7-9)18(20,21)22)15-13-14(25-26(15)2)17(28)27(8-24-13)10-4-5-10/h6-8,10-11H,3-5H2,1-2H3. The van der Waals surface area contributed by atoms with Crippen LogP contribution in [0.25, 0.3) is 11.0 Å². The quantitative estimate of drug-likeness (QED) is 0.649. The normalized spacial score (nSPS) is 15.9. The third-order valence-corrected chi connectivity index (χ3v) is 5.31. The van der Waals surface area contributed by atoms with Gasteiger partial charge in [0.05, 0.1) is 17.0 Å². The lowest BCUT2D eigenvalue weighted by Gasteiger charge is -2.17. The van der Waals surface area contributed by atoms with Crippen molar-refractivity contribution in [1.82, 2.24) is 24.3 Å². The van der Waals surface area contributed by atoms with Crippen molar-refractivity contribution in [3.05, 3.63) is 50.9 Å². The van der Waals surface area contributed by atoms with Gasteiger partial charge in [0.1, 0.15) is 5.52 Å². The minimum Gasteiger partial charge on any atom is -0.294 e. The number of fused-ring (bicyclic) bond motifs is 1. The Balaban J connectivity index is 1.84. The first-order chi connectivity index (χ1) is 13.2. The predicted molar refractivity (Wildman–Crippen MR) is 97.4 cm³/mol. The average molecular weight is 412 g/mol. The highest BCUT2D eigenvalue weighted by atomic mass is 35.5. The summed E-state index contributed by atoms with van der Waals surface area (Å²) in [6.07, 6.45) is 0.517. The number of hydrogen-bond acceptors (Lipinski definition) is 4. The second kappa shape index (κ2) is 6.58. The maximum atomic E-state index is 13.0. The fourth-order valence-electron chi connectivity index (χ4n) is 3.53. The number of pyridine rings is 1. The molecule has 0 N–H and O–H groups in total. The number of aryl methyl sites for hydroxylation is 1. The van der Waals surface area contributed by atoms with Gasteiger partial charge in [-0.15, -0.1) is 0 Å². The first-order valence-electron chi connectivity index (χ1n) is 8.88. The summed E-state index contributed by atoms with van der Waals surface area (Å²) >= 11 is 5.85. The van der Waals surface area contributed by atoms with Crippen LogP contribution in [0.2, 0.25) is 5.02 Å². The second-order valence-electron chi connectivity index (χ2n) is 6.95. The predicted octanol–water partition coefficient (Wildman–Crippen LogP) is 4.07. The minimum atomic E-state index is -4.62. The molecule has 148 valence electrons. The summed E-state index contributed by atoms with van der Waals surface area (Å²) in [6.45, 7) is 1.89. The molecule has 0 aliphatic heterocycles. The van der Waals surface area contributed by atoms with Crippen LogP contribution in [0, 0.1) is 0 Å². The van der Waals surface area contributed by atoms with E-state index in [-0.39, 0.29) is 23.0 Å². The highest BCUT2D eigenvalue weighted by Crippen LogP contribution is 2.37. The van der Waals surface area contributed by atoms with Crippen molar-refractivity contribution in [3.63, 3.8) is 0 Å². The number of alkyl halides is 3. The summed E-state index contributed by atoms with van der Waals surface area (Å²) in [5.41, 5.74) is 0.554. The highest BCUT2D eigenvalue weighted by molar-refractivity contribution is 6.31. The van der Waals surface area contributed by atoms with Crippen LogP contribution in [-0.2, 0) is 13.2 Å². The highest BCUT2D eigenvalue weighted by Gasteiger charge is 2.36. The molecule has 1 unspecified atom stereocenters. The molecule has 28 heavy (non-hydrogen) atoms. The molecule has 3 heterocycles. The van der Waals surface area contributed by atoms with Crippen LogP contribution in [0.1, 0.15) is 55.1 Å². The zero-order chi connectivity index (χ0) is 20.2. The molecule has 1 aliphatic carbocycles. The van der Waals surface area contributed by atoms with Crippen LogP contribution >= 0.6 is 11.6 Å². The molecule has 0 amide bonds. The lowest BCUT2D eigenvalue weighted by atomic mass is 9.93. The molecule has 0 bridgehead atoms. The van der Waals surface area contributed by atoms with Crippen molar-refractivity contribution < 1.29 is 13.2 Å². The van der Waals surface area contributed by atoms with Gasteiger partial charge in [-0.3, -0.25) is 19.0 Å². The molecule has 0 aromatic carbocycles. The van der Waals surface area contributed by atoms with E-state index in [9.17, 15) is 18.0 Å². The summed E-state index contributed by atoms with van der Waals surface area (Å²) in [5.74, 6) is -0.356. The molecular weight excluding hydrogens is 395 g/mol. The van der Waals surface area contributed by atoms with E-state index in [0.717, 1.165) is 12.8 Å². The molecule has 1 fully saturated rings. The number of nitrogens with zero attached hydrogens (tertiary/aromatic N) is 5. The first kappa shape index (κ1) is 18.9. The Hall–Kier alpha value is -2.42. The third kappa shape index (κ3) is 3.07. The Morgan fingerprint density at radius 3 is 2.57 bits per heavy atom. The maximum Gasteiger partial charge on any atom is 0.434 e. The van der Waals surface area contributed by atoms with E-state index in [2.05, 4.69) is 15.1 Å². The van der Waals surface area contributed by atoms with Crippen molar-refractivity contribution >= 4 is 22.6 Å². The fraction of sp³-hybridized carbons (Fsp3) is 0.444. The van der Waals surface area contributed by atoms with E-state index in [1.807, 2.05) is 6.92 Å². The molecule has 6 nitrogen and oxygen atoms in total. The van der Waals surface area contributed by atoms with E-state index < -0.39 is 16.9 Å². The van der Waals surface area contributed by atoms with Gasteiger partial charge in [-0.25, -0.2) is 4.98 Å². The van der Waals surface area contributed by atoms with Gasteiger partial charge < -0.3 is 0 Å². The lowest BCUT2D eigenvalue weighted by Crippen LogP contribution is -2.19. The molecule has 10 heteroatoms. The third-order valence-electron chi connectivity index (χ3n) is 5.03. The van der Waals surface area contributed by atoms with Crippen LogP contribution < -0.4 is 5.56 Å². The zero-order valence-corrected chi connectivity index (χ0v) is 15.9. The molecule has 3 aromatic heterocycles. The monoisotopic (exact) mass is 411 g/mol. The Kier molecular flexibility index (Phi) is 4.45. The molecule has 0 radical (unpaired) electrons. The van der Waals surface area contributed by atoms with Gasteiger partial charge in [0.15, 0.2) is 11.2 Å². The molecule has 1 aliphatic rings. The Morgan fingerprint density at radius 2 is 2.00 bits per heavy atom. The van der Waals surface area contributed by atoms with E-state index in [4.69, 9.17) is 11.6 Å². The van der Waals surface area contributed by atoms with Gasteiger partial charge in [-0.2, -0.15) is 18.3 Å². The number of hydrogen-bond donors (Lipinski definition) is 0. The van der Waals surface area contributed by atoms with Gasteiger partial charge >= 0.3 is 6.18 Å². The summed E-state index contributed by atoms with van der Waals surface area (Å²) in [7, 11) is 1.69. The number of halogens is 4. The lowest BCUT2D eigenvalue weighted by molar-refractivity contribution is -0.141. The summed E-state index contributed by atoms with van der Waals surface area (Å²) in [6, 6.07) is 1.45. The maximum absolute atomic E-state index is 13.0. The van der Waals surface area contributed by atoms with Gasteiger partial charge in [-0.1, -0.05) is 18.5 Å². The summed E-state index contributed by atoms with van der Waals surface area (Å²) in [4.78, 5) is 20.7. The molecule has 1 saturated carbocycles.